The number of rotatable bonds is 4. The van der Waals surface area contributed by atoms with Crippen LogP contribution in [0.1, 0.15) is 44.8 Å². The number of cyclic esters (lactones) is 1. The number of piperazine rings is 1. The van der Waals surface area contributed by atoms with Crippen LogP contribution < -0.4 is 0 Å². The smallest absolute Gasteiger partial charge is 0.338 e. The molecule has 0 saturated carbocycles. The van der Waals surface area contributed by atoms with Crippen molar-refractivity contribution in [3.8, 4) is 0 Å². The molecule has 0 aromatic heterocycles. The summed E-state index contributed by atoms with van der Waals surface area (Å²) in [5.41, 5.74) is 4.00. The minimum absolute atomic E-state index is 0. The molecule has 34 heavy (non-hydrogen) atoms. The van der Waals surface area contributed by atoms with E-state index in [1.807, 2.05) is 13.0 Å². The van der Waals surface area contributed by atoms with E-state index in [2.05, 4.69) is 14.6 Å². The van der Waals surface area contributed by atoms with Gasteiger partial charge in [-0.1, -0.05) is 18.2 Å². The minimum atomic E-state index is -0.654. The van der Waals surface area contributed by atoms with Crippen molar-refractivity contribution >= 4 is 24.1 Å². The van der Waals surface area contributed by atoms with E-state index in [9.17, 15) is 14.3 Å². The van der Waals surface area contributed by atoms with Crippen molar-refractivity contribution in [1.29, 1.82) is 0 Å². The van der Waals surface area contributed by atoms with E-state index in [1.54, 1.807) is 12.1 Å². The summed E-state index contributed by atoms with van der Waals surface area (Å²) in [6.07, 6.45) is -0.870. The molecule has 7 nitrogen and oxygen atoms in total. The maximum absolute atomic E-state index is 14.0. The molecule has 5 rings (SSSR count). The van der Waals surface area contributed by atoms with Crippen LogP contribution in [0.15, 0.2) is 30.3 Å². The highest BCUT2D eigenvalue weighted by atomic mass is 35.5. The summed E-state index contributed by atoms with van der Waals surface area (Å²) in [5.74, 6) is -0.809. The zero-order valence-electron chi connectivity index (χ0n) is 18.9. The summed E-state index contributed by atoms with van der Waals surface area (Å²) < 4.78 is 25.2. The van der Waals surface area contributed by atoms with Gasteiger partial charge in [0.1, 0.15) is 12.4 Å². The maximum atomic E-state index is 14.0. The van der Waals surface area contributed by atoms with Gasteiger partial charge in [-0.05, 0) is 35.7 Å². The van der Waals surface area contributed by atoms with Crippen molar-refractivity contribution in [1.82, 2.24) is 9.80 Å². The van der Waals surface area contributed by atoms with Crippen LogP contribution in [0.4, 0.5) is 10.1 Å². The molecule has 2 aromatic carbocycles. The Kier molecular flexibility index (Phi) is 7.22. The molecule has 3 heterocycles. The van der Waals surface area contributed by atoms with Crippen LogP contribution in [-0.2, 0) is 16.1 Å². The number of β-amino-alcohol motifs (C(OH)–C–C–N with tert-alkyl or cyclic N) is 1. The number of esters is 1. The summed E-state index contributed by atoms with van der Waals surface area (Å²) in [6.45, 7) is 13.3. The number of benzene rings is 2. The van der Waals surface area contributed by atoms with Crippen molar-refractivity contribution < 1.29 is 23.8 Å². The fourth-order valence-electron chi connectivity index (χ4n) is 5.10. The van der Waals surface area contributed by atoms with Crippen molar-refractivity contribution in [2.45, 2.75) is 31.8 Å². The number of hydrogen-bond acceptors (Lipinski definition) is 6. The molecule has 0 spiro atoms. The van der Waals surface area contributed by atoms with Gasteiger partial charge in [-0.25, -0.2) is 14.0 Å². The molecule has 3 aliphatic heterocycles. The average molecular weight is 488 g/mol. The second-order valence-corrected chi connectivity index (χ2v) is 8.95. The number of carbonyl (C=O) groups is 1. The zero-order chi connectivity index (χ0) is 23.1. The highest BCUT2D eigenvalue weighted by molar-refractivity contribution is 5.93. The molecular weight excluding hydrogens is 461 g/mol. The SMILES string of the molecule is Cl.[C-]#[N+]c1ccc([C@H]2CN3CCN(C[C@H](O)c4ccc5c(c4C)COC5=O)C[C@@H]3CO2)cc1F. The zero-order valence-corrected chi connectivity index (χ0v) is 19.7. The summed E-state index contributed by atoms with van der Waals surface area (Å²) in [5, 5.41) is 10.9. The van der Waals surface area contributed by atoms with Gasteiger partial charge in [0.15, 0.2) is 0 Å². The minimum Gasteiger partial charge on any atom is -0.457 e. The lowest BCUT2D eigenvalue weighted by molar-refractivity contribution is -0.0938. The number of hydrogen-bond donors (Lipinski definition) is 1. The molecule has 0 radical (unpaired) electrons. The fraction of sp³-hybridized carbons (Fsp3) is 0.440. The Morgan fingerprint density at radius 2 is 2.09 bits per heavy atom. The first kappa shape index (κ1) is 24.6. The number of morpholine rings is 1. The van der Waals surface area contributed by atoms with E-state index in [-0.39, 0.29) is 42.8 Å². The van der Waals surface area contributed by atoms with E-state index < -0.39 is 11.9 Å². The van der Waals surface area contributed by atoms with Crippen molar-refractivity contribution in [2.24, 2.45) is 0 Å². The molecule has 9 heteroatoms. The van der Waals surface area contributed by atoms with Gasteiger partial charge in [0.05, 0.1) is 31.0 Å². The first-order valence-corrected chi connectivity index (χ1v) is 11.2. The number of ether oxygens (including phenoxy) is 2. The molecule has 0 bridgehead atoms. The van der Waals surface area contributed by atoms with E-state index in [0.717, 1.165) is 41.9 Å². The lowest BCUT2D eigenvalue weighted by atomic mass is 9.95. The van der Waals surface area contributed by atoms with Crippen LogP contribution >= 0.6 is 12.4 Å². The maximum Gasteiger partial charge on any atom is 0.338 e. The third kappa shape index (κ3) is 4.54. The van der Waals surface area contributed by atoms with Crippen LogP contribution in [0.3, 0.4) is 0 Å². The van der Waals surface area contributed by atoms with Crippen LogP contribution in [-0.4, -0.2) is 66.2 Å². The Labute approximate surface area is 204 Å². The highest BCUT2D eigenvalue weighted by Gasteiger charge is 2.35. The third-order valence-corrected chi connectivity index (χ3v) is 7.04. The van der Waals surface area contributed by atoms with Crippen LogP contribution in [0, 0.1) is 19.3 Å². The first-order chi connectivity index (χ1) is 15.9. The Morgan fingerprint density at radius 1 is 1.26 bits per heavy atom. The number of carbonyl (C=O) groups excluding carboxylic acids is 1. The highest BCUT2D eigenvalue weighted by Crippen LogP contribution is 2.32. The average Bonchev–Trinajstić information content (AvgIpc) is 3.20. The number of fused-ring (bicyclic) bond motifs is 2. The summed E-state index contributed by atoms with van der Waals surface area (Å²) in [7, 11) is 0. The van der Waals surface area contributed by atoms with Gasteiger partial charge in [-0.15, -0.1) is 12.4 Å². The number of nitrogens with zero attached hydrogens (tertiary/aromatic N) is 3. The van der Waals surface area contributed by atoms with Gasteiger partial charge in [-0.2, -0.15) is 0 Å². The standard InChI is InChI=1S/C25H26FN3O4.ClH/c1-15-18(4-5-19-20(15)14-33-25(19)31)23(30)11-28-7-8-29-12-24(32-13-17(29)10-28)16-3-6-22(27-2)21(26)9-16;/h3-6,9,17,23-24,30H,7-8,10-14H2,1H3;1H/t17-,23+,24-;/m1./s1. The molecule has 0 aliphatic carbocycles. The Hall–Kier alpha value is -2.54. The van der Waals surface area contributed by atoms with Crippen molar-refractivity contribution in [2.75, 3.05) is 39.3 Å². The molecule has 2 aromatic rings. The normalized spacial score (nSPS) is 23.3. The third-order valence-electron chi connectivity index (χ3n) is 7.04. The molecule has 0 amide bonds. The monoisotopic (exact) mass is 487 g/mol. The molecule has 1 N–H and O–H groups in total. The quantitative estimate of drug-likeness (QED) is 0.525. The first-order valence-electron chi connectivity index (χ1n) is 11.2. The second-order valence-electron chi connectivity index (χ2n) is 8.95. The van der Waals surface area contributed by atoms with Crippen molar-refractivity contribution in [3.63, 3.8) is 0 Å². The summed E-state index contributed by atoms with van der Waals surface area (Å²) in [4.78, 5) is 19.6. The van der Waals surface area contributed by atoms with Gasteiger partial charge in [0.2, 0.25) is 5.69 Å². The Balaban J connectivity index is 0.00000274. The van der Waals surface area contributed by atoms with Crippen molar-refractivity contribution in [3.05, 3.63) is 75.4 Å². The van der Waals surface area contributed by atoms with E-state index in [1.165, 1.54) is 12.1 Å². The predicted octanol–water partition coefficient (Wildman–Crippen LogP) is 3.57. The van der Waals surface area contributed by atoms with Gasteiger partial charge in [-0.3, -0.25) is 9.80 Å². The molecule has 2 fully saturated rings. The van der Waals surface area contributed by atoms with Crippen LogP contribution in [0.5, 0.6) is 0 Å². The van der Waals surface area contributed by atoms with Gasteiger partial charge in [0.25, 0.3) is 0 Å². The van der Waals surface area contributed by atoms with Gasteiger partial charge >= 0.3 is 5.97 Å². The van der Waals surface area contributed by atoms with Crippen LogP contribution in [0.25, 0.3) is 4.85 Å². The fourth-order valence-corrected chi connectivity index (χ4v) is 5.10. The lowest BCUT2D eigenvalue weighted by Crippen LogP contribution is -2.58. The predicted molar refractivity (Wildman–Crippen MR) is 126 cm³/mol. The molecular formula is C25H27ClFN3O4. The molecule has 0 unspecified atom stereocenters. The van der Waals surface area contributed by atoms with E-state index in [0.29, 0.717) is 25.3 Å². The van der Waals surface area contributed by atoms with E-state index >= 15 is 0 Å². The number of aliphatic hydroxyl groups excluding tert-OH is 1. The van der Waals surface area contributed by atoms with Gasteiger partial charge < -0.3 is 14.6 Å². The molecule has 3 atom stereocenters. The topological polar surface area (TPSA) is 66.6 Å². The second kappa shape index (κ2) is 9.98. The molecule has 2 saturated heterocycles. The van der Waals surface area contributed by atoms with Crippen LogP contribution in [0.2, 0.25) is 0 Å². The molecule has 3 aliphatic rings. The summed E-state index contributed by atoms with van der Waals surface area (Å²) >= 11 is 0. The Bertz CT molecular complexity index is 1140. The number of halogens is 2. The lowest BCUT2D eigenvalue weighted by Gasteiger charge is -2.46. The Morgan fingerprint density at radius 3 is 2.85 bits per heavy atom. The molecule has 180 valence electrons. The largest absolute Gasteiger partial charge is 0.457 e. The number of aliphatic hydroxyl groups is 1. The van der Waals surface area contributed by atoms with Gasteiger partial charge in [0, 0.05) is 44.3 Å². The van der Waals surface area contributed by atoms with E-state index in [4.69, 9.17) is 16.0 Å². The summed E-state index contributed by atoms with van der Waals surface area (Å²) in [6, 6.07) is 8.47.